The molecule has 0 radical (unpaired) electrons. The smallest absolute Gasteiger partial charge is 0.409 e. The number of ether oxygens (including phenoxy) is 1. The highest BCUT2D eigenvalue weighted by Gasteiger charge is 2.31. The zero-order chi connectivity index (χ0) is 26.2. The molecule has 5 rings (SSSR count). The summed E-state index contributed by atoms with van der Waals surface area (Å²) in [4.78, 5) is 32.6. The van der Waals surface area contributed by atoms with Crippen LogP contribution in [0.3, 0.4) is 0 Å². The Labute approximate surface area is 227 Å². The number of benzene rings is 1. The van der Waals surface area contributed by atoms with Gasteiger partial charge >= 0.3 is 6.09 Å². The molecule has 1 aliphatic heterocycles. The van der Waals surface area contributed by atoms with E-state index in [1.54, 1.807) is 23.1 Å². The van der Waals surface area contributed by atoms with Crippen LogP contribution in [0, 0.1) is 12.3 Å². The summed E-state index contributed by atoms with van der Waals surface area (Å²) >= 11 is 13.7. The van der Waals surface area contributed by atoms with E-state index in [2.05, 4.69) is 25.7 Å². The molecule has 0 bridgehead atoms. The molecule has 3 heterocycles. The van der Waals surface area contributed by atoms with Gasteiger partial charge in [0.25, 0.3) is 5.91 Å². The van der Waals surface area contributed by atoms with Gasteiger partial charge in [0.05, 0.1) is 16.2 Å². The van der Waals surface area contributed by atoms with Gasteiger partial charge in [-0.25, -0.2) is 9.78 Å². The fraction of sp³-hybridized carbons (Fsp3) is 0.400. The lowest BCUT2D eigenvalue weighted by atomic mass is 9.84. The molecule has 2 aliphatic rings. The van der Waals surface area contributed by atoms with Crippen molar-refractivity contribution in [3.63, 3.8) is 0 Å². The number of allylic oxidation sites excluding steroid dienone is 3. The number of aryl methyl sites for hydroxylation is 1. The molecule has 0 spiro atoms. The number of amides is 2. The van der Waals surface area contributed by atoms with E-state index in [4.69, 9.17) is 27.9 Å². The highest BCUT2D eigenvalue weighted by molar-refractivity contribution is 7.14. The SMILES string of the molecule is Cc1nc(C2CCN(C(=O)OCC3(C)C=C(Cl)C=C(Cl)C3)CC2)sc1C(=O)Nc1ccc2[nH]nnc2c1. The lowest BCUT2D eigenvalue weighted by Gasteiger charge is -2.33. The van der Waals surface area contributed by atoms with Crippen LogP contribution in [-0.2, 0) is 4.74 Å². The number of carbonyl (C=O) groups is 2. The van der Waals surface area contributed by atoms with Crippen LogP contribution in [0.25, 0.3) is 11.0 Å². The molecule has 1 aliphatic carbocycles. The van der Waals surface area contributed by atoms with Crippen molar-refractivity contribution in [1.29, 1.82) is 0 Å². The van der Waals surface area contributed by atoms with Crippen molar-refractivity contribution in [2.45, 2.75) is 39.0 Å². The number of anilines is 1. The predicted octanol–water partition coefficient (Wildman–Crippen LogP) is 5.95. The molecule has 1 saturated heterocycles. The molecule has 0 saturated carbocycles. The standard InChI is InChI=1S/C25H26Cl2N6O3S/c1-14-21(22(34)29-18-3-4-19-20(10-18)31-32-30-19)37-23(28-14)15-5-7-33(8-6-15)24(35)36-13-25(2)11-16(26)9-17(27)12-25/h3-4,9-11,15H,5-8,12-13H2,1-2H3,(H,29,34)(H,30,31,32). The average Bonchev–Trinajstić information content (AvgIpc) is 3.48. The Morgan fingerprint density at radius 1 is 1.30 bits per heavy atom. The second kappa shape index (κ2) is 10.4. The number of aromatic amines is 1. The van der Waals surface area contributed by atoms with E-state index in [1.807, 2.05) is 26.0 Å². The van der Waals surface area contributed by atoms with Crippen LogP contribution in [0.4, 0.5) is 10.5 Å². The zero-order valence-electron chi connectivity index (χ0n) is 20.4. The third kappa shape index (κ3) is 5.81. The summed E-state index contributed by atoms with van der Waals surface area (Å²) in [6, 6.07) is 5.40. The molecule has 3 aromatic rings. The van der Waals surface area contributed by atoms with Crippen LogP contribution in [0.1, 0.15) is 52.5 Å². The largest absolute Gasteiger partial charge is 0.448 e. The minimum atomic E-state index is -0.424. The number of aromatic nitrogens is 4. The molecule has 2 N–H and O–H groups in total. The topological polar surface area (TPSA) is 113 Å². The Morgan fingerprint density at radius 2 is 2.08 bits per heavy atom. The Bertz CT molecular complexity index is 1410. The second-order valence-corrected chi connectivity index (χ2v) is 11.7. The third-order valence-corrected chi connectivity index (χ3v) is 8.36. The molecule has 2 aromatic heterocycles. The lowest BCUT2D eigenvalue weighted by molar-refractivity contribution is 0.0679. The quantitative estimate of drug-likeness (QED) is 0.398. The normalized spacial score (nSPS) is 20.5. The number of nitrogens with zero attached hydrogens (tertiary/aromatic N) is 4. The molecular formula is C25H26Cl2N6O3S. The number of carbonyl (C=O) groups excluding carboxylic acids is 2. The zero-order valence-corrected chi connectivity index (χ0v) is 22.7. The van der Waals surface area contributed by atoms with Gasteiger partial charge in [-0.1, -0.05) is 41.4 Å². The van der Waals surface area contributed by atoms with Gasteiger partial charge < -0.3 is 15.0 Å². The monoisotopic (exact) mass is 560 g/mol. The third-order valence-electron chi connectivity index (χ3n) is 6.58. The van der Waals surface area contributed by atoms with E-state index in [0.717, 1.165) is 23.4 Å². The number of piperidine rings is 1. The first kappa shape index (κ1) is 25.7. The fourth-order valence-corrected chi connectivity index (χ4v) is 6.65. The summed E-state index contributed by atoms with van der Waals surface area (Å²) in [5, 5.41) is 15.6. The van der Waals surface area contributed by atoms with Gasteiger partial charge in [0.2, 0.25) is 0 Å². The van der Waals surface area contributed by atoms with E-state index in [9.17, 15) is 9.59 Å². The summed E-state index contributed by atoms with van der Waals surface area (Å²) in [7, 11) is 0. The second-order valence-electron chi connectivity index (χ2n) is 9.73. The first-order valence-electron chi connectivity index (χ1n) is 11.9. The molecule has 1 fully saturated rings. The van der Waals surface area contributed by atoms with Gasteiger partial charge in [-0.05, 0) is 50.5 Å². The van der Waals surface area contributed by atoms with Crippen molar-refractivity contribution in [2.75, 3.05) is 25.0 Å². The Hall–Kier alpha value is -2.95. The molecular weight excluding hydrogens is 535 g/mol. The molecule has 9 nitrogen and oxygen atoms in total. The van der Waals surface area contributed by atoms with Crippen LogP contribution < -0.4 is 5.32 Å². The number of thiazole rings is 1. The minimum absolute atomic E-state index is 0.183. The van der Waals surface area contributed by atoms with E-state index in [-0.39, 0.29) is 24.5 Å². The molecule has 37 heavy (non-hydrogen) atoms. The Morgan fingerprint density at radius 3 is 2.84 bits per heavy atom. The van der Waals surface area contributed by atoms with E-state index in [1.165, 1.54) is 11.3 Å². The van der Waals surface area contributed by atoms with Gasteiger partial charge in [0.1, 0.15) is 17.0 Å². The summed E-state index contributed by atoms with van der Waals surface area (Å²) in [5.41, 5.74) is 2.40. The summed E-state index contributed by atoms with van der Waals surface area (Å²) in [6.07, 6.45) is 5.34. The Kier molecular flexibility index (Phi) is 7.24. The van der Waals surface area contributed by atoms with Crippen molar-refractivity contribution < 1.29 is 14.3 Å². The number of hydrogen-bond donors (Lipinski definition) is 2. The van der Waals surface area contributed by atoms with Gasteiger partial charge in [-0.2, -0.15) is 0 Å². The van der Waals surface area contributed by atoms with Crippen LogP contribution in [0.5, 0.6) is 0 Å². The highest BCUT2D eigenvalue weighted by Crippen LogP contribution is 2.37. The van der Waals surface area contributed by atoms with Crippen LogP contribution in [0.2, 0.25) is 0 Å². The molecule has 2 amide bonds. The minimum Gasteiger partial charge on any atom is -0.448 e. The number of fused-ring (bicyclic) bond motifs is 1. The van der Waals surface area contributed by atoms with Crippen LogP contribution >= 0.6 is 34.5 Å². The maximum atomic E-state index is 12.9. The number of likely N-dealkylation sites (tertiary alicyclic amines) is 1. The summed E-state index contributed by atoms with van der Waals surface area (Å²) in [5.74, 6) is -0.0206. The van der Waals surface area contributed by atoms with E-state index in [0.29, 0.717) is 51.4 Å². The highest BCUT2D eigenvalue weighted by atomic mass is 35.5. The van der Waals surface area contributed by atoms with Gasteiger partial charge in [-0.15, -0.1) is 16.4 Å². The van der Waals surface area contributed by atoms with Crippen molar-refractivity contribution in [3.05, 3.63) is 56.0 Å². The number of hydrogen-bond acceptors (Lipinski definition) is 7. The van der Waals surface area contributed by atoms with Crippen molar-refractivity contribution >= 4 is 63.3 Å². The van der Waals surface area contributed by atoms with Crippen molar-refractivity contribution in [1.82, 2.24) is 25.3 Å². The number of rotatable bonds is 5. The van der Waals surface area contributed by atoms with Crippen molar-refractivity contribution in [2.24, 2.45) is 5.41 Å². The van der Waals surface area contributed by atoms with E-state index >= 15 is 0 Å². The van der Waals surface area contributed by atoms with Gasteiger partial charge in [0.15, 0.2) is 0 Å². The van der Waals surface area contributed by atoms with Crippen LogP contribution in [-0.4, -0.2) is 57.0 Å². The van der Waals surface area contributed by atoms with E-state index < -0.39 is 5.41 Å². The summed E-state index contributed by atoms with van der Waals surface area (Å²) < 4.78 is 5.62. The fourth-order valence-electron chi connectivity index (χ4n) is 4.64. The molecule has 1 aromatic carbocycles. The number of H-pyrrole nitrogens is 1. The van der Waals surface area contributed by atoms with Gasteiger partial charge in [-0.3, -0.25) is 9.89 Å². The first-order valence-corrected chi connectivity index (χ1v) is 13.5. The molecule has 194 valence electrons. The van der Waals surface area contributed by atoms with Crippen LogP contribution in [0.15, 0.2) is 40.4 Å². The number of halogens is 2. The maximum Gasteiger partial charge on any atom is 0.409 e. The average molecular weight is 561 g/mol. The Balaban J connectivity index is 1.15. The predicted molar refractivity (Wildman–Crippen MR) is 144 cm³/mol. The molecule has 12 heteroatoms. The molecule has 1 unspecified atom stereocenters. The maximum absolute atomic E-state index is 12.9. The first-order chi connectivity index (χ1) is 17.7. The lowest BCUT2D eigenvalue weighted by Crippen LogP contribution is -2.39. The molecule has 1 atom stereocenters. The summed E-state index contributed by atoms with van der Waals surface area (Å²) in [6.45, 7) is 5.15. The van der Waals surface area contributed by atoms with Crippen molar-refractivity contribution in [3.8, 4) is 0 Å². The number of nitrogens with one attached hydrogen (secondary N) is 2. The van der Waals surface area contributed by atoms with Gasteiger partial charge in [0, 0.05) is 40.2 Å².